The molecule has 0 aromatic carbocycles. The van der Waals surface area contributed by atoms with Gasteiger partial charge in [-0.05, 0) is 6.92 Å². The van der Waals surface area contributed by atoms with E-state index in [9.17, 15) is 17.6 Å². The van der Waals surface area contributed by atoms with Gasteiger partial charge in [-0.15, -0.1) is 13.2 Å². The Balaban J connectivity index is 2.12. The molecular weight excluding hydrogens is 230 g/mol. The summed E-state index contributed by atoms with van der Waals surface area (Å²) in [6, 6.07) is 0. The molecule has 0 radical (unpaired) electrons. The summed E-state index contributed by atoms with van der Waals surface area (Å²) in [6.07, 6.45) is -4.76. The third kappa shape index (κ3) is 4.63. The van der Waals surface area contributed by atoms with E-state index >= 15 is 0 Å². The molecule has 0 aromatic rings. The lowest BCUT2D eigenvalue weighted by molar-refractivity contribution is -0.338. The predicted octanol–water partition coefficient (Wildman–Crippen LogP) is 1.58. The van der Waals surface area contributed by atoms with Crippen LogP contribution in [0.3, 0.4) is 0 Å². The smallest absolute Gasteiger partial charge is 0.380 e. The van der Waals surface area contributed by atoms with Gasteiger partial charge in [0.15, 0.2) is 5.67 Å². The Bertz CT molecular complexity index is 216. The highest BCUT2D eigenvalue weighted by atomic mass is 19.4. The Kier molecular flexibility index (Phi) is 4.52. The standard InChI is InChI=1S/C9H15F4NO2/c1-2-15-4-3-14-5-8(10,6-14)7-16-9(11,12)13/h2-7H2,1H3. The molecule has 7 heteroatoms. The van der Waals surface area contributed by atoms with Crippen LogP contribution in [0.2, 0.25) is 0 Å². The quantitative estimate of drug-likeness (QED) is 0.524. The molecule has 0 aliphatic carbocycles. The summed E-state index contributed by atoms with van der Waals surface area (Å²) in [5, 5.41) is 0. The van der Waals surface area contributed by atoms with Crippen LogP contribution < -0.4 is 0 Å². The van der Waals surface area contributed by atoms with Crippen LogP contribution in [0.15, 0.2) is 0 Å². The van der Waals surface area contributed by atoms with E-state index in [1.165, 1.54) is 0 Å². The second-order valence-corrected chi connectivity index (χ2v) is 3.79. The first kappa shape index (κ1) is 13.7. The summed E-state index contributed by atoms with van der Waals surface area (Å²) >= 11 is 0. The molecule has 0 unspecified atom stereocenters. The van der Waals surface area contributed by atoms with Crippen molar-refractivity contribution in [1.29, 1.82) is 0 Å². The summed E-state index contributed by atoms with van der Waals surface area (Å²) in [6.45, 7) is 2.42. The molecule has 1 rings (SSSR count). The maximum absolute atomic E-state index is 13.5. The predicted molar refractivity (Wildman–Crippen MR) is 48.8 cm³/mol. The molecule has 1 aliphatic rings. The highest BCUT2D eigenvalue weighted by Crippen LogP contribution is 2.28. The lowest BCUT2D eigenvalue weighted by atomic mass is 9.98. The summed E-state index contributed by atoms with van der Waals surface area (Å²) in [4.78, 5) is 1.69. The molecular formula is C9H15F4NO2. The Morgan fingerprint density at radius 2 is 1.94 bits per heavy atom. The molecule has 1 saturated heterocycles. The van der Waals surface area contributed by atoms with Gasteiger partial charge in [-0.25, -0.2) is 4.39 Å². The van der Waals surface area contributed by atoms with Crippen LogP contribution in [0.1, 0.15) is 6.92 Å². The minimum atomic E-state index is -4.76. The van der Waals surface area contributed by atoms with Crippen molar-refractivity contribution in [2.24, 2.45) is 0 Å². The fourth-order valence-corrected chi connectivity index (χ4v) is 1.55. The Morgan fingerprint density at radius 3 is 2.44 bits per heavy atom. The Hall–Kier alpha value is -0.400. The molecule has 3 nitrogen and oxygen atoms in total. The first-order chi connectivity index (χ1) is 7.35. The number of halogens is 4. The third-order valence-corrected chi connectivity index (χ3v) is 2.26. The van der Waals surface area contributed by atoms with Gasteiger partial charge < -0.3 is 4.74 Å². The SMILES string of the molecule is CCOCCN1CC(F)(COC(F)(F)F)C1. The van der Waals surface area contributed by atoms with Crippen LogP contribution in [-0.2, 0) is 9.47 Å². The molecule has 0 amide bonds. The first-order valence-corrected chi connectivity index (χ1v) is 5.04. The van der Waals surface area contributed by atoms with E-state index < -0.39 is 18.6 Å². The largest absolute Gasteiger partial charge is 0.522 e. The number of rotatable bonds is 6. The molecule has 0 atom stereocenters. The van der Waals surface area contributed by atoms with E-state index in [-0.39, 0.29) is 13.1 Å². The van der Waals surface area contributed by atoms with E-state index in [1.54, 1.807) is 4.90 Å². The van der Waals surface area contributed by atoms with E-state index in [2.05, 4.69) is 4.74 Å². The first-order valence-electron chi connectivity index (χ1n) is 5.04. The van der Waals surface area contributed by atoms with Gasteiger partial charge in [-0.2, -0.15) is 0 Å². The van der Waals surface area contributed by atoms with Crippen molar-refractivity contribution in [3.8, 4) is 0 Å². The van der Waals surface area contributed by atoms with Gasteiger partial charge in [0.25, 0.3) is 0 Å². The van der Waals surface area contributed by atoms with Crippen LogP contribution in [0, 0.1) is 0 Å². The van der Waals surface area contributed by atoms with E-state index in [0.717, 1.165) is 0 Å². The molecule has 0 N–H and O–H groups in total. The molecule has 0 aromatic heterocycles. The van der Waals surface area contributed by atoms with Crippen molar-refractivity contribution in [2.45, 2.75) is 19.0 Å². The molecule has 1 aliphatic heterocycles. The zero-order valence-corrected chi connectivity index (χ0v) is 9.02. The summed E-state index contributed by atoms with van der Waals surface area (Å²) in [5.74, 6) is 0. The summed E-state index contributed by atoms with van der Waals surface area (Å²) < 4.78 is 57.0. The van der Waals surface area contributed by atoms with Gasteiger partial charge >= 0.3 is 6.36 Å². The fourth-order valence-electron chi connectivity index (χ4n) is 1.55. The minimum Gasteiger partial charge on any atom is -0.380 e. The van der Waals surface area contributed by atoms with Crippen LogP contribution in [0.4, 0.5) is 17.6 Å². The van der Waals surface area contributed by atoms with Gasteiger partial charge in [-0.1, -0.05) is 0 Å². The normalized spacial score (nSPS) is 20.8. The molecule has 0 spiro atoms. The van der Waals surface area contributed by atoms with E-state index in [1.807, 2.05) is 6.92 Å². The zero-order valence-electron chi connectivity index (χ0n) is 9.02. The molecule has 1 fully saturated rings. The number of likely N-dealkylation sites (tertiary alicyclic amines) is 1. The minimum absolute atomic E-state index is 0.0316. The number of hydrogen-bond acceptors (Lipinski definition) is 3. The number of nitrogens with zero attached hydrogens (tertiary/aromatic N) is 1. The van der Waals surface area contributed by atoms with Gasteiger partial charge in [0.05, 0.1) is 13.2 Å². The number of ether oxygens (including phenoxy) is 2. The Morgan fingerprint density at radius 1 is 1.31 bits per heavy atom. The molecule has 0 saturated carbocycles. The fraction of sp³-hybridized carbons (Fsp3) is 1.00. The van der Waals surface area contributed by atoms with Crippen molar-refractivity contribution in [3.05, 3.63) is 0 Å². The molecule has 96 valence electrons. The zero-order chi connectivity index (χ0) is 12.2. The van der Waals surface area contributed by atoms with E-state index in [4.69, 9.17) is 4.74 Å². The lowest BCUT2D eigenvalue weighted by Gasteiger charge is -2.44. The van der Waals surface area contributed by atoms with Crippen LogP contribution >= 0.6 is 0 Å². The highest BCUT2D eigenvalue weighted by Gasteiger charge is 2.46. The molecule has 16 heavy (non-hydrogen) atoms. The average Bonchev–Trinajstić information content (AvgIpc) is 2.11. The summed E-state index contributed by atoms with van der Waals surface area (Å²) in [5.41, 5.74) is -1.87. The van der Waals surface area contributed by atoms with Crippen molar-refractivity contribution in [1.82, 2.24) is 4.90 Å². The van der Waals surface area contributed by atoms with Crippen molar-refractivity contribution >= 4 is 0 Å². The van der Waals surface area contributed by atoms with Gasteiger partial charge in [0.1, 0.15) is 0 Å². The lowest BCUT2D eigenvalue weighted by Crippen LogP contribution is -2.62. The average molecular weight is 245 g/mol. The van der Waals surface area contributed by atoms with Gasteiger partial charge in [-0.3, -0.25) is 9.64 Å². The number of alkyl halides is 4. The van der Waals surface area contributed by atoms with Gasteiger partial charge in [0.2, 0.25) is 0 Å². The molecule has 1 heterocycles. The topological polar surface area (TPSA) is 21.7 Å². The second-order valence-electron chi connectivity index (χ2n) is 3.79. The monoisotopic (exact) mass is 245 g/mol. The maximum atomic E-state index is 13.5. The van der Waals surface area contributed by atoms with E-state index in [0.29, 0.717) is 19.8 Å². The van der Waals surface area contributed by atoms with Crippen LogP contribution in [0.25, 0.3) is 0 Å². The van der Waals surface area contributed by atoms with Crippen molar-refractivity contribution in [3.63, 3.8) is 0 Å². The van der Waals surface area contributed by atoms with Crippen LogP contribution in [0.5, 0.6) is 0 Å². The Labute approximate surface area is 91.3 Å². The van der Waals surface area contributed by atoms with Crippen molar-refractivity contribution < 1.29 is 27.0 Å². The summed E-state index contributed by atoms with van der Waals surface area (Å²) in [7, 11) is 0. The maximum Gasteiger partial charge on any atom is 0.522 e. The second kappa shape index (κ2) is 5.29. The van der Waals surface area contributed by atoms with Crippen molar-refractivity contribution in [2.75, 3.05) is 39.5 Å². The number of hydrogen-bond donors (Lipinski definition) is 0. The highest BCUT2D eigenvalue weighted by molar-refractivity contribution is 4.95. The molecule has 0 bridgehead atoms. The third-order valence-electron chi connectivity index (χ3n) is 2.26. The van der Waals surface area contributed by atoms with Gasteiger partial charge in [0, 0.05) is 26.2 Å². The van der Waals surface area contributed by atoms with Crippen LogP contribution in [-0.4, -0.2) is 56.4 Å².